The van der Waals surface area contributed by atoms with E-state index in [1.807, 2.05) is 32.0 Å². The molecule has 1 heterocycles. The molecular formula is C16H18F2N2. The number of aromatic nitrogens is 1. The number of nitrogens with one attached hydrogen (secondary N) is 1. The Bertz CT molecular complexity index is 585. The van der Waals surface area contributed by atoms with E-state index >= 15 is 0 Å². The van der Waals surface area contributed by atoms with Crippen LogP contribution in [0.1, 0.15) is 42.8 Å². The van der Waals surface area contributed by atoms with Crippen LogP contribution in [0.15, 0.2) is 36.5 Å². The van der Waals surface area contributed by atoms with Gasteiger partial charge in [0.25, 0.3) is 0 Å². The molecule has 2 nitrogen and oxygen atoms in total. The van der Waals surface area contributed by atoms with Crippen LogP contribution in [0, 0.1) is 18.6 Å². The summed E-state index contributed by atoms with van der Waals surface area (Å²) >= 11 is 0. The number of rotatable bonds is 4. The third-order valence-corrected chi connectivity index (χ3v) is 3.38. The van der Waals surface area contributed by atoms with E-state index in [1.54, 1.807) is 13.1 Å². The molecule has 0 amide bonds. The van der Waals surface area contributed by atoms with E-state index in [2.05, 4.69) is 10.3 Å². The van der Waals surface area contributed by atoms with Gasteiger partial charge in [-0.05, 0) is 50.6 Å². The average Bonchev–Trinajstić information content (AvgIpc) is 2.43. The number of nitrogens with zero attached hydrogens (tertiary/aromatic N) is 1. The maximum atomic E-state index is 13.9. The van der Waals surface area contributed by atoms with E-state index in [0.717, 1.165) is 5.69 Å². The molecule has 0 fully saturated rings. The fourth-order valence-electron chi connectivity index (χ4n) is 2.18. The number of aryl methyl sites for hydroxylation is 1. The Morgan fingerprint density at radius 1 is 1.05 bits per heavy atom. The lowest BCUT2D eigenvalue weighted by atomic mass is 10.0. The number of benzene rings is 1. The van der Waals surface area contributed by atoms with Crippen LogP contribution in [0.5, 0.6) is 0 Å². The van der Waals surface area contributed by atoms with Gasteiger partial charge in [0.15, 0.2) is 0 Å². The summed E-state index contributed by atoms with van der Waals surface area (Å²) in [5.41, 5.74) is 1.51. The third kappa shape index (κ3) is 3.20. The highest BCUT2D eigenvalue weighted by molar-refractivity contribution is 5.27. The fourth-order valence-corrected chi connectivity index (χ4v) is 2.18. The average molecular weight is 276 g/mol. The minimum absolute atomic E-state index is 0.0463. The normalized spacial score (nSPS) is 14.1. The summed E-state index contributed by atoms with van der Waals surface area (Å²) < 4.78 is 27.5. The topological polar surface area (TPSA) is 24.9 Å². The van der Waals surface area contributed by atoms with E-state index in [1.165, 1.54) is 12.1 Å². The first kappa shape index (κ1) is 14.6. The molecule has 0 radical (unpaired) electrons. The van der Waals surface area contributed by atoms with Gasteiger partial charge >= 0.3 is 0 Å². The van der Waals surface area contributed by atoms with Gasteiger partial charge in [0.05, 0.1) is 5.69 Å². The molecule has 1 unspecified atom stereocenters. The SMILES string of the molecule is Cc1cc(F)c(C(C)N[C@H](C)c2ccccn2)cc1F. The Morgan fingerprint density at radius 2 is 1.80 bits per heavy atom. The van der Waals surface area contributed by atoms with Gasteiger partial charge < -0.3 is 5.32 Å². The van der Waals surface area contributed by atoms with Crippen LogP contribution in [0.4, 0.5) is 8.78 Å². The number of hydrogen-bond donors (Lipinski definition) is 1. The Labute approximate surface area is 117 Å². The van der Waals surface area contributed by atoms with Crippen LogP contribution in [0.3, 0.4) is 0 Å². The highest BCUT2D eigenvalue weighted by Gasteiger charge is 2.16. The molecule has 0 bridgehead atoms. The van der Waals surface area contributed by atoms with Crippen molar-refractivity contribution in [1.29, 1.82) is 0 Å². The van der Waals surface area contributed by atoms with Crippen molar-refractivity contribution in [3.8, 4) is 0 Å². The number of hydrogen-bond acceptors (Lipinski definition) is 2. The van der Waals surface area contributed by atoms with Gasteiger partial charge in [0.1, 0.15) is 11.6 Å². The zero-order valence-electron chi connectivity index (χ0n) is 11.8. The second-order valence-electron chi connectivity index (χ2n) is 4.99. The van der Waals surface area contributed by atoms with E-state index in [0.29, 0.717) is 11.1 Å². The molecule has 1 N–H and O–H groups in total. The summed E-state index contributed by atoms with van der Waals surface area (Å²) in [6, 6.07) is 7.78. The quantitative estimate of drug-likeness (QED) is 0.910. The summed E-state index contributed by atoms with van der Waals surface area (Å²) in [5, 5.41) is 3.23. The Balaban J connectivity index is 2.16. The molecule has 0 aliphatic carbocycles. The zero-order valence-corrected chi connectivity index (χ0v) is 11.8. The van der Waals surface area contributed by atoms with Crippen LogP contribution >= 0.6 is 0 Å². The van der Waals surface area contributed by atoms with E-state index in [4.69, 9.17) is 0 Å². The predicted octanol–water partition coefficient (Wildman–Crippen LogP) is 4.08. The minimum Gasteiger partial charge on any atom is -0.302 e. The monoisotopic (exact) mass is 276 g/mol. The van der Waals surface area contributed by atoms with Crippen LogP contribution in [0.2, 0.25) is 0 Å². The molecule has 0 aliphatic heterocycles. The Morgan fingerprint density at radius 3 is 2.45 bits per heavy atom. The lowest BCUT2D eigenvalue weighted by molar-refractivity contribution is 0.463. The summed E-state index contributed by atoms with van der Waals surface area (Å²) in [4.78, 5) is 4.25. The van der Waals surface area contributed by atoms with Crippen molar-refractivity contribution in [3.63, 3.8) is 0 Å². The molecule has 0 aliphatic rings. The molecule has 0 saturated heterocycles. The first-order chi connectivity index (χ1) is 9.49. The molecule has 1 aromatic heterocycles. The number of halogens is 2. The van der Waals surface area contributed by atoms with Crippen LogP contribution in [0.25, 0.3) is 0 Å². The van der Waals surface area contributed by atoms with Crippen molar-refractivity contribution in [3.05, 3.63) is 65.0 Å². The van der Waals surface area contributed by atoms with Crippen LogP contribution in [-0.2, 0) is 0 Å². The first-order valence-electron chi connectivity index (χ1n) is 6.61. The van der Waals surface area contributed by atoms with Gasteiger partial charge in [0.2, 0.25) is 0 Å². The fraction of sp³-hybridized carbons (Fsp3) is 0.312. The molecule has 106 valence electrons. The van der Waals surface area contributed by atoms with Gasteiger partial charge in [-0.3, -0.25) is 4.98 Å². The summed E-state index contributed by atoms with van der Waals surface area (Å²) in [6.45, 7) is 5.31. The predicted molar refractivity (Wildman–Crippen MR) is 75.3 cm³/mol. The molecule has 0 saturated carbocycles. The van der Waals surface area contributed by atoms with Gasteiger partial charge in [-0.1, -0.05) is 6.07 Å². The summed E-state index contributed by atoms with van der Waals surface area (Å²) in [7, 11) is 0. The Hall–Kier alpha value is -1.81. The molecule has 2 atom stereocenters. The minimum atomic E-state index is -0.392. The van der Waals surface area contributed by atoms with E-state index in [9.17, 15) is 8.78 Å². The van der Waals surface area contributed by atoms with Gasteiger partial charge in [-0.2, -0.15) is 0 Å². The van der Waals surface area contributed by atoms with Crippen molar-refractivity contribution in [2.45, 2.75) is 32.9 Å². The second-order valence-corrected chi connectivity index (χ2v) is 4.99. The molecule has 1 aromatic carbocycles. The van der Waals surface area contributed by atoms with Crippen molar-refractivity contribution >= 4 is 0 Å². The van der Waals surface area contributed by atoms with Crippen LogP contribution < -0.4 is 5.32 Å². The zero-order chi connectivity index (χ0) is 14.7. The molecule has 20 heavy (non-hydrogen) atoms. The van der Waals surface area contributed by atoms with Crippen molar-refractivity contribution in [2.24, 2.45) is 0 Å². The van der Waals surface area contributed by atoms with Gasteiger partial charge in [-0.25, -0.2) is 8.78 Å². The largest absolute Gasteiger partial charge is 0.302 e. The molecule has 4 heteroatoms. The maximum absolute atomic E-state index is 13.9. The molecule has 0 spiro atoms. The van der Waals surface area contributed by atoms with Crippen LogP contribution in [-0.4, -0.2) is 4.98 Å². The Kier molecular flexibility index (Phi) is 4.45. The summed E-state index contributed by atoms with van der Waals surface area (Å²) in [5.74, 6) is -0.780. The third-order valence-electron chi connectivity index (χ3n) is 3.38. The first-order valence-corrected chi connectivity index (χ1v) is 6.61. The molecule has 2 aromatic rings. The van der Waals surface area contributed by atoms with Crippen molar-refractivity contribution in [2.75, 3.05) is 0 Å². The van der Waals surface area contributed by atoms with E-state index < -0.39 is 5.82 Å². The highest BCUT2D eigenvalue weighted by atomic mass is 19.1. The summed E-state index contributed by atoms with van der Waals surface area (Å²) in [6.07, 6.45) is 1.71. The van der Waals surface area contributed by atoms with Gasteiger partial charge in [-0.15, -0.1) is 0 Å². The standard InChI is InChI=1S/C16H18F2N2/c1-10-8-15(18)13(9-14(10)17)11(2)20-12(3)16-6-4-5-7-19-16/h4-9,11-12,20H,1-3H3/t11?,12-/m1/s1. The van der Waals surface area contributed by atoms with Crippen molar-refractivity contribution < 1.29 is 8.78 Å². The van der Waals surface area contributed by atoms with E-state index in [-0.39, 0.29) is 17.9 Å². The highest BCUT2D eigenvalue weighted by Crippen LogP contribution is 2.23. The maximum Gasteiger partial charge on any atom is 0.128 e. The lowest BCUT2D eigenvalue weighted by Crippen LogP contribution is -2.24. The molecular weight excluding hydrogens is 258 g/mol. The smallest absolute Gasteiger partial charge is 0.128 e. The second kappa shape index (κ2) is 6.09. The number of pyridine rings is 1. The van der Waals surface area contributed by atoms with Crippen molar-refractivity contribution in [1.82, 2.24) is 10.3 Å². The van der Waals surface area contributed by atoms with Gasteiger partial charge in [0, 0.05) is 23.8 Å². The molecule has 2 rings (SSSR count). The lowest BCUT2D eigenvalue weighted by Gasteiger charge is -2.21.